The van der Waals surface area contributed by atoms with E-state index in [2.05, 4.69) is 20.9 Å². The molecule has 2 amide bonds. The first-order valence-corrected chi connectivity index (χ1v) is 7.61. The van der Waals surface area contributed by atoms with Crippen molar-refractivity contribution in [3.8, 4) is 5.69 Å². The predicted molar refractivity (Wildman–Crippen MR) is 84.0 cm³/mol. The molecule has 0 unspecified atom stereocenters. The number of nitrogens with one attached hydrogen (secondary N) is 2. The van der Waals surface area contributed by atoms with Crippen molar-refractivity contribution in [2.45, 2.75) is 13.5 Å². The van der Waals surface area contributed by atoms with Crippen molar-refractivity contribution in [3.05, 3.63) is 35.7 Å². The summed E-state index contributed by atoms with van der Waals surface area (Å²) in [7, 11) is 0. The van der Waals surface area contributed by atoms with Crippen LogP contribution in [0.1, 0.15) is 12.6 Å². The van der Waals surface area contributed by atoms with E-state index in [0.717, 1.165) is 12.1 Å². The highest BCUT2D eigenvalue weighted by Gasteiger charge is 2.23. The molecule has 1 saturated heterocycles. The number of anilines is 1. The minimum absolute atomic E-state index is 0.0998. The van der Waals surface area contributed by atoms with Crippen LogP contribution in [0.25, 0.3) is 5.69 Å². The van der Waals surface area contributed by atoms with Crippen LogP contribution in [-0.2, 0) is 16.1 Å². The second kappa shape index (κ2) is 6.83. The van der Waals surface area contributed by atoms with Crippen molar-refractivity contribution >= 4 is 17.5 Å². The van der Waals surface area contributed by atoms with E-state index in [1.165, 1.54) is 22.7 Å². The first kappa shape index (κ1) is 16.8. The maximum absolute atomic E-state index is 14.4. The lowest BCUT2D eigenvalue weighted by atomic mass is 10.2. The van der Waals surface area contributed by atoms with Crippen LogP contribution >= 0.6 is 0 Å². The second-order valence-electron chi connectivity index (χ2n) is 5.59. The van der Waals surface area contributed by atoms with E-state index in [1.54, 1.807) is 0 Å². The molecule has 0 spiro atoms. The van der Waals surface area contributed by atoms with Gasteiger partial charge in [-0.2, -0.15) is 0 Å². The molecule has 0 aliphatic carbocycles. The zero-order valence-corrected chi connectivity index (χ0v) is 13.4. The molecule has 0 bridgehead atoms. The number of rotatable bonds is 4. The summed E-state index contributed by atoms with van der Waals surface area (Å²) in [6.45, 7) is 2.09. The van der Waals surface area contributed by atoms with Gasteiger partial charge in [-0.15, -0.1) is 5.10 Å². The van der Waals surface area contributed by atoms with Crippen LogP contribution in [0, 0.1) is 11.6 Å². The molecule has 1 aliphatic heterocycles. The number of piperazine rings is 1. The van der Waals surface area contributed by atoms with E-state index < -0.39 is 11.6 Å². The molecule has 25 heavy (non-hydrogen) atoms. The Morgan fingerprint density at radius 3 is 2.72 bits per heavy atom. The zero-order valence-electron chi connectivity index (χ0n) is 13.4. The lowest BCUT2D eigenvalue weighted by Crippen LogP contribution is -2.48. The van der Waals surface area contributed by atoms with E-state index in [4.69, 9.17) is 0 Å². The van der Waals surface area contributed by atoms with Gasteiger partial charge in [0.15, 0.2) is 11.6 Å². The highest BCUT2D eigenvalue weighted by molar-refractivity contribution is 5.82. The van der Waals surface area contributed by atoms with Gasteiger partial charge in [0.25, 0.3) is 0 Å². The average molecular weight is 350 g/mol. The minimum atomic E-state index is -0.788. The number of carbonyl (C=O) groups is 2. The molecule has 2 heterocycles. The molecule has 8 nitrogen and oxygen atoms in total. The van der Waals surface area contributed by atoms with E-state index in [1.807, 2.05) is 0 Å². The third kappa shape index (κ3) is 3.73. The lowest BCUT2D eigenvalue weighted by molar-refractivity contribution is -0.120. The van der Waals surface area contributed by atoms with Crippen LogP contribution in [-0.4, -0.2) is 46.4 Å². The average Bonchev–Trinajstić information content (AvgIpc) is 3.01. The topological polar surface area (TPSA) is 92.2 Å². The van der Waals surface area contributed by atoms with Crippen molar-refractivity contribution in [2.24, 2.45) is 0 Å². The number of hydrogen-bond donors (Lipinski definition) is 2. The standard InChI is InChI=1S/C15H16F2N6O2/c1-9(24)19-6-10-7-23(21-20-10)11-4-12(16)15(13(17)5-11)22-3-2-18-14(25)8-22/h4-5,7H,2-3,6,8H2,1H3,(H,18,25)(H,19,24). The third-order valence-electron chi connectivity index (χ3n) is 3.68. The first-order valence-electron chi connectivity index (χ1n) is 7.61. The lowest BCUT2D eigenvalue weighted by Gasteiger charge is -2.29. The molecule has 1 fully saturated rings. The first-order chi connectivity index (χ1) is 11.9. The van der Waals surface area contributed by atoms with Crippen LogP contribution in [0.15, 0.2) is 18.3 Å². The number of nitrogens with zero attached hydrogens (tertiary/aromatic N) is 4. The molecule has 132 valence electrons. The minimum Gasteiger partial charge on any atom is -0.356 e. The Labute approximate surface area is 141 Å². The van der Waals surface area contributed by atoms with Crippen LogP contribution in [0.2, 0.25) is 0 Å². The molecule has 2 N–H and O–H groups in total. The summed E-state index contributed by atoms with van der Waals surface area (Å²) in [6.07, 6.45) is 1.47. The van der Waals surface area contributed by atoms with Gasteiger partial charge in [0, 0.05) is 32.1 Å². The Kier molecular flexibility index (Phi) is 4.59. The van der Waals surface area contributed by atoms with E-state index in [-0.39, 0.29) is 36.3 Å². The Morgan fingerprint density at radius 1 is 1.36 bits per heavy atom. The number of aromatic nitrogens is 3. The summed E-state index contributed by atoms with van der Waals surface area (Å²) >= 11 is 0. The summed E-state index contributed by atoms with van der Waals surface area (Å²) in [6, 6.07) is 2.25. The monoisotopic (exact) mass is 350 g/mol. The predicted octanol–water partition coefficient (Wildman–Crippen LogP) is 0.118. The molecule has 0 radical (unpaired) electrons. The van der Waals surface area contributed by atoms with Gasteiger partial charge in [0.1, 0.15) is 11.4 Å². The van der Waals surface area contributed by atoms with Gasteiger partial charge in [0.2, 0.25) is 11.8 Å². The van der Waals surface area contributed by atoms with Crippen molar-refractivity contribution < 1.29 is 18.4 Å². The molecular weight excluding hydrogens is 334 g/mol. The summed E-state index contributed by atoms with van der Waals surface area (Å²) in [4.78, 5) is 23.7. The van der Waals surface area contributed by atoms with E-state index in [0.29, 0.717) is 18.8 Å². The Morgan fingerprint density at radius 2 is 2.08 bits per heavy atom. The number of amides is 2. The Balaban J connectivity index is 1.84. The van der Waals surface area contributed by atoms with Gasteiger partial charge in [-0.25, -0.2) is 13.5 Å². The van der Waals surface area contributed by atoms with Crippen molar-refractivity contribution in [2.75, 3.05) is 24.5 Å². The zero-order chi connectivity index (χ0) is 18.0. The fraction of sp³-hybridized carbons (Fsp3) is 0.333. The fourth-order valence-corrected chi connectivity index (χ4v) is 2.54. The Hall–Kier alpha value is -3.04. The van der Waals surface area contributed by atoms with Gasteiger partial charge < -0.3 is 15.5 Å². The quantitative estimate of drug-likeness (QED) is 0.817. The largest absolute Gasteiger partial charge is 0.356 e. The normalized spacial score (nSPS) is 14.4. The van der Waals surface area contributed by atoms with Crippen molar-refractivity contribution in [3.63, 3.8) is 0 Å². The molecule has 0 atom stereocenters. The van der Waals surface area contributed by atoms with Gasteiger partial charge in [-0.05, 0) is 0 Å². The van der Waals surface area contributed by atoms with Gasteiger partial charge in [-0.3, -0.25) is 9.59 Å². The molecule has 1 aromatic carbocycles. The molecule has 0 saturated carbocycles. The molecule has 2 aromatic rings. The van der Waals surface area contributed by atoms with Crippen molar-refractivity contribution in [1.82, 2.24) is 25.6 Å². The highest BCUT2D eigenvalue weighted by atomic mass is 19.1. The van der Waals surface area contributed by atoms with Crippen LogP contribution < -0.4 is 15.5 Å². The molecule has 3 rings (SSSR count). The second-order valence-corrected chi connectivity index (χ2v) is 5.59. The maximum atomic E-state index is 14.4. The highest BCUT2D eigenvalue weighted by Crippen LogP contribution is 2.26. The van der Waals surface area contributed by atoms with Crippen molar-refractivity contribution in [1.29, 1.82) is 0 Å². The van der Waals surface area contributed by atoms with Gasteiger partial charge >= 0.3 is 0 Å². The number of halogens is 2. The number of hydrogen-bond acceptors (Lipinski definition) is 5. The fourth-order valence-electron chi connectivity index (χ4n) is 2.54. The molecule has 1 aromatic heterocycles. The summed E-state index contributed by atoms with van der Waals surface area (Å²) in [5.41, 5.74) is 0.367. The number of carbonyl (C=O) groups excluding carboxylic acids is 2. The summed E-state index contributed by atoms with van der Waals surface area (Å²) in [5.74, 6) is -2.08. The summed E-state index contributed by atoms with van der Waals surface area (Å²) < 4.78 is 30.1. The smallest absolute Gasteiger partial charge is 0.239 e. The number of benzene rings is 1. The van der Waals surface area contributed by atoms with Gasteiger partial charge in [-0.1, -0.05) is 5.21 Å². The maximum Gasteiger partial charge on any atom is 0.239 e. The van der Waals surface area contributed by atoms with Crippen LogP contribution in [0.5, 0.6) is 0 Å². The Bertz CT molecular complexity index is 799. The van der Waals surface area contributed by atoms with E-state index >= 15 is 0 Å². The van der Waals surface area contributed by atoms with Gasteiger partial charge in [0.05, 0.1) is 25.0 Å². The third-order valence-corrected chi connectivity index (χ3v) is 3.68. The van der Waals surface area contributed by atoms with Crippen LogP contribution in [0.4, 0.5) is 14.5 Å². The molecule has 1 aliphatic rings. The molecule has 10 heteroatoms. The molecular formula is C15H16F2N6O2. The van der Waals surface area contributed by atoms with E-state index in [9.17, 15) is 18.4 Å². The van der Waals surface area contributed by atoms with Crippen LogP contribution in [0.3, 0.4) is 0 Å². The summed E-state index contributed by atoms with van der Waals surface area (Å²) in [5, 5.41) is 12.8. The SMILES string of the molecule is CC(=O)NCc1cn(-c2cc(F)c(N3CCNC(=O)C3)c(F)c2)nn1.